The topological polar surface area (TPSA) is 101 Å². The maximum Gasteiger partial charge on any atom is 0.151 e. The third-order valence-corrected chi connectivity index (χ3v) is 1.30. The summed E-state index contributed by atoms with van der Waals surface area (Å²) < 4.78 is 0. The van der Waals surface area contributed by atoms with E-state index >= 15 is 0 Å². The Morgan fingerprint density at radius 1 is 1.58 bits per heavy atom. The first-order valence-electron chi connectivity index (χ1n) is 3.17. The summed E-state index contributed by atoms with van der Waals surface area (Å²) in [5.74, 6) is 5.11. The summed E-state index contributed by atoms with van der Waals surface area (Å²) in [6, 6.07) is 3.50. The summed E-state index contributed by atoms with van der Waals surface area (Å²) in [4.78, 5) is 3.79. The van der Waals surface area contributed by atoms with Crippen LogP contribution in [0.1, 0.15) is 11.1 Å². The van der Waals surface area contributed by atoms with Crippen molar-refractivity contribution < 1.29 is 0 Å². The van der Waals surface area contributed by atoms with Crippen molar-refractivity contribution in [2.45, 2.75) is 0 Å². The Labute approximate surface area is 69.3 Å². The maximum absolute atomic E-state index is 8.51. The fourth-order valence-corrected chi connectivity index (χ4v) is 0.716. The van der Waals surface area contributed by atoms with Crippen LogP contribution in [0.4, 0.5) is 0 Å². The van der Waals surface area contributed by atoms with Crippen LogP contribution < -0.4 is 11.6 Å². The first-order valence-corrected chi connectivity index (χ1v) is 3.17. The van der Waals surface area contributed by atoms with Crippen LogP contribution in [0.25, 0.3) is 0 Å². The molecule has 4 N–H and O–H groups in total. The molecule has 0 bridgehead atoms. The molecule has 0 aliphatic carbocycles. The van der Waals surface area contributed by atoms with Gasteiger partial charge >= 0.3 is 0 Å². The predicted octanol–water partition coefficient (Wildman–Crippen LogP) is -0.468. The lowest BCUT2D eigenvalue weighted by Gasteiger charge is -1.96. The summed E-state index contributed by atoms with van der Waals surface area (Å²) in [5.41, 5.74) is 6.38. The zero-order chi connectivity index (χ0) is 8.97. The molecule has 1 aromatic rings. The summed E-state index contributed by atoms with van der Waals surface area (Å²) in [7, 11) is 0. The molecular weight excluding hydrogens is 154 g/mol. The normalized spacial score (nSPS) is 10.8. The fourth-order valence-electron chi connectivity index (χ4n) is 0.716. The Hall–Kier alpha value is -2.09. The quantitative estimate of drug-likeness (QED) is 0.251. The summed E-state index contributed by atoms with van der Waals surface area (Å²) in [5, 5.41) is 11.8. The van der Waals surface area contributed by atoms with E-state index in [1.807, 2.05) is 6.07 Å². The van der Waals surface area contributed by atoms with Gasteiger partial charge in [0.25, 0.3) is 0 Å². The number of hydrogen-bond acceptors (Lipinski definition) is 4. The number of nitriles is 1. The minimum atomic E-state index is 0.166. The van der Waals surface area contributed by atoms with E-state index in [1.165, 1.54) is 12.4 Å². The lowest BCUT2D eigenvalue weighted by atomic mass is 10.2. The van der Waals surface area contributed by atoms with Crippen LogP contribution in [-0.4, -0.2) is 10.8 Å². The number of aromatic nitrogens is 1. The zero-order valence-electron chi connectivity index (χ0n) is 6.23. The van der Waals surface area contributed by atoms with Crippen LogP contribution in [0.2, 0.25) is 0 Å². The van der Waals surface area contributed by atoms with Gasteiger partial charge in [0.05, 0.1) is 5.56 Å². The molecule has 60 valence electrons. The van der Waals surface area contributed by atoms with E-state index in [1.54, 1.807) is 6.07 Å². The van der Waals surface area contributed by atoms with Crippen molar-refractivity contribution in [3.63, 3.8) is 0 Å². The maximum atomic E-state index is 8.51. The van der Waals surface area contributed by atoms with Gasteiger partial charge in [0, 0.05) is 18.0 Å². The van der Waals surface area contributed by atoms with Crippen LogP contribution in [0.15, 0.2) is 23.6 Å². The van der Waals surface area contributed by atoms with Crippen LogP contribution in [0.3, 0.4) is 0 Å². The smallest absolute Gasteiger partial charge is 0.151 e. The number of rotatable bonds is 1. The molecule has 0 aliphatic heterocycles. The van der Waals surface area contributed by atoms with Crippen molar-refractivity contribution in [3.8, 4) is 6.07 Å². The molecule has 0 saturated carbocycles. The minimum Gasteiger partial charge on any atom is -0.382 e. The third-order valence-electron chi connectivity index (χ3n) is 1.30. The number of amidine groups is 1. The van der Waals surface area contributed by atoms with Gasteiger partial charge in [-0.2, -0.15) is 10.4 Å². The molecule has 1 aromatic heterocycles. The molecule has 0 radical (unpaired) electrons. The Kier molecular flexibility index (Phi) is 2.23. The van der Waals surface area contributed by atoms with E-state index in [2.05, 4.69) is 10.1 Å². The molecule has 5 heteroatoms. The molecule has 5 nitrogen and oxygen atoms in total. The van der Waals surface area contributed by atoms with Crippen LogP contribution in [0, 0.1) is 11.3 Å². The fraction of sp³-hybridized carbons (Fsp3) is 0. The molecule has 0 fully saturated rings. The molecule has 12 heavy (non-hydrogen) atoms. The van der Waals surface area contributed by atoms with Gasteiger partial charge in [-0.05, 0) is 6.07 Å². The highest BCUT2D eigenvalue weighted by Gasteiger charge is 1.99. The van der Waals surface area contributed by atoms with Crippen molar-refractivity contribution in [2.24, 2.45) is 16.7 Å². The van der Waals surface area contributed by atoms with Gasteiger partial charge < -0.3 is 11.6 Å². The van der Waals surface area contributed by atoms with Crippen molar-refractivity contribution in [2.75, 3.05) is 0 Å². The van der Waals surface area contributed by atoms with E-state index < -0.39 is 0 Å². The summed E-state index contributed by atoms with van der Waals surface area (Å²) >= 11 is 0. The van der Waals surface area contributed by atoms with Crippen molar-refractivity contribution in [3.05, 3.63) is 29.6 Å². The van der Waals surface area contributed by atoms with Crippen LogP contribution in [0.5, 0.6) is 0 Å². The van der Waals surface area contributed by atoms with Crippen LogP contribution in [-0.2, 0) is 0 Å². The molecule has 0 unspecified atom stereocenters. The molecule has 0 saturated heterocycles. The summed E-state index contributed by atoms with van der Waals surface area (Å²) in [6.07, 6.45) is 2.93. The van der Waals surface area contributed by atoms with E-state index in [9.17, 15) is 0 Å². The average Bonchev–Trinajstić information content (AvgIpc) is 2.17. The molecule has 0 aliphatic rings. The standard InChI is InChI=1S/C7H7N5/c8-2-5-1-6(4-11-3-5)7(9)12-10/h1,3-4H,10H2,(H2,9,12). The average molecular weight is 161 g/mol. The highest BCUT2D eigenvalue weighted by Crippen LogP contribution is 1.99. The van der Waals surface area contributed by atoms with Gasteiger partial charge in [-0.1, -0.05) is 0 Å². The van der Waals surface area contributed by atoms with E-state index in [-0.39, 0.29) is 5.84 Å². The van der Waals surface area contributed by atoms with Crippen molar-refractivity contribution in [1.82, 2.24) is 4.98 Å². The minimum absolute atomic E-state index is 0.166. The van der Waals surface area contributed by atoms with Gasteiger partial charge in [0.2, 0.25) is 0 Å². The van der Waals surface area contributed by atoms with Crippen LogP contribution >= 0.6 is 0 Å². The first kappa shape index (κ1) is 8.01. The largest absolute Gasteiger partial charge is 0.382 e. The van der Waals surface area contributed by atoms with Gasteiger partial charge in [0.15, 0.2) is 5.84 Å². The Balaban J connectivity index is 3.12. The predicted molar refractivity (Wildman–Crippen MR) is 43.9 cm³/mol. The number of hydrogen-bond donors (Lipinski definition) is 2. The van der Waals surface area contributed by atoms with Gasteiger partial charge in [-0.3, -0.25) is 4.98 Å². The Morgan fingerprint density at radius 3 is 2.92 bits per heavy atom. The van der Waals surface area contributed by atoms with Crippen molar-refractivity contribution >= 4 is 5.84 Å². The van der Waals surface area contributed by atoms with Gasteiger partial charge in [-0.25, -0.2) is 0 Å². The van der Waals surface area contributed by atoms with Crippen molar-refractivity contribution in [1.29, 1.82) is 5.26 Å². The highest BCUT2D eigenvalue weighted by atomic mass is 15.2. The van der Waals surface area contributed by atoms with E-state index in [0.29, 0.717) is 11.1 Å². The SMILES string of the molecule is N#Cc1cncc(C(N)=NN)c1. The number of nitrogens with two attached hydrogens (primary N) is 2. The molecule has 0 amide bonds. The summed E-state index contributed by atoms with van der Waals surface area (Å²) in [6.45, 7) is 0. The molecular formula is C7H7N5. The lowest BCUT2D eigenvalue weighted by molar-refractivity contribution is 1.21. The number of nitrogens with zero attached hydrogens (tertiary/aromatic N) is 3. The van der Waals surface area contributed by atoms with Gasteiger partial charge in [0.1, 0.15) is 6.07 Å². The molecule has 0 aromatic carbocycles. The Bertz CT molecular complexity index is 349. The molecule has 1 heterocycles. The first-order chi connectivity index (χ1) is 5.77. The molecule has 0 spiro atoms. The second-order valence-corrected chi connectivity index (χ2v) is 2.09. The number of hydrazone groups is 1. The molecule has 1 rings (SSSR count). The number of pyridine rings is 1. The van der Waals surface area contributed by atoms with E-state index in [0.717, 1.165) is 0 Å². The highest BCUT2D eigenvalue weighted by molar-refractivity contribution is 5.97. The molecule has 0 atom stereocenters. The monoisotopic (exact) mass is 161 g/mol. The van der Waals surface area contributed by atoms with E-state index in [4.69, 9.17) is 16.8 Å². The lowest BCUT2D eigenvalue weighted by Crippen LogP contribution is -2.15. The second kappa shape index (κ2) is 3.34. The van der Waals surface area contributed by atoms with Gasteiger partial charge in [-0.15, -0.1) is 0 Å². The second-order valence-electron chi connectivity index (χ2n) is 2.09. The third kappa shape index (κ3) is 1.49. The Morgan fingerprint density at radius 2 is 2.33 bits per heavy atom. The zero-order valence-corrected chi connectivity index (χ0v) is 6.23.